The maximum atomic E-state index is 9.69. The van der Waals surface area contributed by atoms with E-state index in [2.05, 4.69) is 181 Å². The largest absolute Gasteiger partial charge is 2.00 e. The second kappa shape index (κ2) is 21.1. The van der Waals surface area contributed by atoms with E-state index in [1.807, 2.05) is 0 Å². The number of benzene rings is 4. The summed E-state index contributed by atoms with van der Waals surface area (Å²) in [5.41, 5.74) is 11.2. The van der Waals surface area contributed by atoms with Crippen molar-refractivity contribution in [1.29, 1.82) is 0 Å². The minimum atomic E-state index is 0. The molecule has 0 heterocycles. The van der Waals surface area contributed by atoms with E-state index in [4.69, 9.17) is 10.3 Å². The van der Waals surface area contributed by atoms with Crippen molar-refractivity contribution in [2.75, 3.05) is 11.0 Å². The van der Waals surface area contributed by atoms with Gasteiger partial charge in [-0.15, -0.1) is 18.0 Å². The predicted molar refractivity (Wildman–Crippen MR) is 218 cm³/mol. The normalized spacial score (nSPS) is 11.9. The van der Waals surface area contributed by atoms with Gasteiger partial charge < -0.3 is 10.4 Å². The van der Waals surface area contributed by atoms with Crippen LogP contribution in [0.2, 0.25) is 0 Å². The molecule has 0 aliphatic carbocycles. The smallest absolute Gasteiger partial charge is 0.854 e. The summed E-state index contributed by atoms with van der Waals surface area (Å²) < 4.78 is 1.12. The summed E-state index contributed by atoms with van der Waals surface area (Å²) in [6.45, 7) is 18.1. The third kappa shape index (κ3) is 11.8. The van der Waals surface area contributed by atoms with E-state index in [0.29, 0.717) is 23.7 Å². The van der Waals surface area contributed by atoms with Gasteiger partial charge in [0.15, 0.2) is 0 Å². The molecule has 0 aliphatic heterocycles. The van der Waals surface area contributed by atoms with Crippen molar-refractivity contribution in [3.05, 3.63) is 142 Å². The number of aliphatic imine (C=N–C) groups is 1. The van der Waals surface area contributed by atoms with Gasteiger partial charge in [-0.05, 0) is 57.3 Å². The molecule has 0 saturated heterocycles. The van der Waals surface area contributed by atoms with Crippen LogP contribution >= 0.6 is 22.6 Å². The Labute approximate surface area is 308 Å². The monoisotopic (exact) mass is 749 g/mol. The summed E-state index contributed by atoms with van der Waals surface area (Å²) in [6.07, 6.45) is 4.13. The third-order valence-corrected chi connectivity index (χ3v) is 8.85. The Kier molecular flexibility index (Phi) is 18.1. The first-order chi connectivity index (χ1) is 22.6. The van der Waals surface area contributed by atoms with Gasteiger partial charge in [-0.2, -0.15) is 0 Å². The van der Waals surface area contributed by atoms with E-state index in [0.717, 1.165) is 51.2 Å². The van der Waals surface area contributed by atoms with Crippen molar-refractivity contribution in [3.63, 3.8) is 0 Å². The number of rotatable bonds is 13. The molecule has 4 rings (SSSR count). The maximum absolute atomic E-state index is 9.69. The van der Waals surface area contributed by atoms with Crippen LogP contribution in [0, 0.1) is 0 Å². The minimum absolute atomic E-state index is 0. The molecule has 0 amide bonds. The molecule has 5 heteroatoms. The van der Waals surface area contributed by atoms with Crippen molar-refractivity contribution in [2.24, 2.45) is 4.99 Å². The van der Waals surface area contributed by atoms with Crippen molar-refractivity contribution in [2.45, 2.75) is 91.9 Å². The topological polar surface area (TPSA) is 49.5 Å². The zero-order valence-electron chi connectivity index (χ0n) is 30.3. The molecule has 0 aliphatic rings. The van der Waals surface area contributed by atoms with Crippen LogP contribution in [0.1, 0.15) is 125 Å². The quantitative estimate of drug-likeness (QED) is 0.0441. The Balaban J connectivity index is 0.00000105. The molecule has 4 aromatic carbocycles. The van der Waals surface area contributed by atoms with Gasteiger partial charge in [0.1, 0.15) is 0 Å². The van der Waals surface area contributed by atoms with Crippen LogP contribution < -0.4 is 5.11 Å². The molecule has 0 N–H and O–H groups in total. The summed E-state index contributed by atoms with van der Waals surface area (Å²) in [5, 5.41) is 15.2. The molecule has 0 atom stereocenters. The van der Waals surface area contributed by atoms with E-state index in [9.17, 15) is 5.11 Å². The van der Waals surface area contributed by atoms with Gasteiger partial charge in [-0.25, -0.2) is 4.99 Å². The summed E-state index contributed by atoms with van der Waals surface area (Å²) in [4.78, 5) is 5.47. The standard InChI is InChI=1S/C39H45N2.C4H8IO.Be/c1-26(2)32-21-15-22-33(27(3)4)38(32)40-36(30-17-11-9-12-18-30)25-37(31-19-13-10-14-20-31)41-39-34(28(5)6)23-16-24-35(39)29(7)8;5-3-1-2-4-6;/h9-29H,1-8H3;1-4H2;/q2*-1;+2/b36-25-,41-37?;;. The molecule has 3 nitrogen and oxygen atoms in total. The van der Waals surface area contributed by atoms with Gasteiger partial charge in [0.2, 0.25) is 0 Å². The number of alkyl halides is 1. The van der Waals surface area contributed by atoms with Crippen molar-refractivity contribution < 1.29 is 5.11 Å². The van der Waals surface area contributed by atoms with Crippen LogP contribution in [0.15, 0.2) is 108 Å². The molecule has 0 fully saturated rings. The average molecular weight is 750 g/mol. The Hall–Kier alpha value is -3.05. The Bertz CT molecular complexity index is 1520. The number of para-hydroxylation sites is 2. The third-order valence-electron chi connectivity index (χ3n) is 8.09. The Morgan fingerprint density at radius 3 is 1.46 bits per heavy atom. The molecule has 0 saturated carbocycles. The second-order valence-corrected chi connectivity index (χ2v) is 14.2. The number of hydrogen-bond acceptors (Lipinski definition) is 2. The summed E-state index contributed by atoms with van der Waals surface area (Å²) in [6, 6.07) is 34.3. The molecule has 4 aromatic rings. The van der Waals surface area contributed by atoms with Gasteiger partial charge in [0, 0.05) is 5.56 Å². The number of allylic oxidation sites excluding steroid dienone is 1. The SMILES string of the molecule is CC(C)c1cccc(C(C)C)c1N=C(/C=C(\[N-]c1c(C(C)C)cccc1C(C)C)c1ccccc1)c1ccccc1.[Be+2].[O-]CCCCI. The fraction of sp³-hybridized carbons (Fsp3) is 0.372. The van der Waals surface area contributed by atoms with Gasteiger partial charge in [0.05, 0.1) is 11.4 Å². The fourth-order valence-corrected chi connectivity index (χ4v) is 5.97. The van der Waals surface area contributed by atoms with Crippen LogP contribution in [0.5, 0.6) is 0 Å². The fourth-order valence-electron chi connectivity index (χ4n) is 5.43. The molecule has 0 bridgehead atoms. The molecular formula is C43H53BeIN2O. The number of nitrogens with zero attached hydrogens (tertiary/aromatic N) is 2. The molecule has 48 heavy (non-hydrogen) atoms. The first-order valence-corrected chi connectivity index (χ1v) is 18.6. The van der Waals surface area contributed by atoms with Crippen molar-refractivity contribution in [1.82, 2.24) is 0 Å². The van der Waals surface area contributed by atoms with Gasteiger partial charge >= 0.3 is 10.1 Å². The van der Waals surface area contributed by atoms with Crippen molar-refractivity contribution >= 4 is 55.5 Å². The Morgan fingerprint density at radius 1 is 0.625 bits per heavy atom. The molecule has 250 valence electrons. The molecule has 0 unspecified atom stereocenters. The first-order valence-electron chi connectivity index (χ1n) is 17.1. The maximum Gasteiger partial charge on any atom is 2.00 e. The van der Waals surface area contributed by atoms with E-state index in [-0.39, 0.29) is 16.7 Å². The molecule has 0 radical (unpaired) electrons. The minimum Gasteiger partial charge on any atom is -0.854 e. The second-order valence-electron chi connectivity index (χ2n) is 13.2. The van der Waals surface area contributed by atoms with Crippen molar-refractivity contribution in [3.8, 4) is 0 Å². The number of halogens is 1. The van der Waals surface area contributed by atoms with E-state index < -0.39 is 0 Å². The van der Waals surface area contributed by atoms with Crippen LogP contribution in [0.3, 0.4) is 0 Å². The van der Waals surface area contributed by atoms with E-state index in [1.54, 1.807) is 0 Å². The zero-order valence-corrected chi connectivity index (χ0v) is 32.5. The first kappa shape index (κ1) is 41.1. The van der Waals surface area contributed by atoms with E-state index in [1.165, 1.54) is 22.3 Å². The summed E-state index contributed by atoms with van der Waals surface area (Å²) in [5.74, 6) is 1.44. The molecular weight excluding hydrogens is 696 g/mol. The number of hydrogen-bond donors (Lipinski definition) is 0. The van der Waals surface area contributed by atoms with Crippen LogP contribution in [-0.4, -0.2) is 26.9 Å². The van der Waals surface area contributed by atoms with Gasteiger partial charge in [0.25, 0.3) is 0 Å². The van der Waals surface area contributed by atoms with Gasteiger partial charge in [-0.1, -0.05) is 193 Å². The van der Waals surface area contributed by atoms with Crippen LogP contribution in [0.25, 0.3) is 11.0 Å². The molecule has 0 spiro atoms. The van der Waals surface area contributed by atoms with Gasteiger partial charge in [-0.3, -0.25) is 0 Å². The predicted octanol–water partition coefficient (Wildman–Crippen LogP) is 12.2. The zero-order chi connectivity index (χ0) is 34.3. The van der Waals surface area contributed by atoms with E-state index >= 15 is 0 Å². The Morgan fingerprint density at radius 2 is 1.06 bits per heavy atom. The number of unbranched alkanes of at least 4 members (excludes halogenated alkanes) is 1. The van der Waals surface area contributed by atoms with Crippen LogP contribution in [0.4, 0.5) is 11.4 Å². The summed E-state index contributed by atoms with van der Waals surface area (Å²) in [7, 11) is 0. The van der Waals surface area contributed by atoms with Crippen LogP contribution in [-0.2, 0) is 0 Å². The average Bonchev–Trinajstić information content (AvgIpc) is 3.07. The summed E-state index contributed by atoms with van der Waals surface area (Å²) >= 11 is 2.27. The molecule has 0 aromatic heterocycles.